The van der Waals surface area contributed by atoms with Crippen LogP contribution in [0.5, 0.6) is 0 Å². The highest BCUT2D eigenvalue weighted by Gasteiger charge is 2.36. The molecule has 1 aromatic heterocycles. The van der Waals surface area contributed by atoms with Gasteiger partial charge in [-0.05, 0) is 76.9 Å². The van der Waals surface area contributed by atoms with Crippen LogP contribution in [0.25, 0.3) is 22.3 Å². The quantitative estimate of drug-likeness (QED) is 0.0832. The fraction of sp³-hybridized carbons (Fsp3) is 0.0571. The van der Waals surface area contributed by atoms with Gasteiger partial charge in [-0.25, -0.2) is 8.42 Å². The van der Waals surface area contributed by atoms with Gasteiger partial charge in [0.15, 0.2) is 10.1 Å². The van der Waals surface area contributed by atoms with Gasteiger partial charge >= 0.3 is 5.51 Å². The molecular weight excluding hydrogens is 642 g/mol. The van der Waals surface area contributed by atoms with Crippen molar-refractivity contribution in [3.8, 4) is 45.9 Å². The zero-order valence-electron chi connectivity index (χ0n) is 23.4. The number of pyridine rings is 1. The Bertz CT molecular complexity index is 1900. The van der Waals surface area contributed by atoms with E-state index in [0.29, 0.717) is 0 Å². The summed E-state index contributed by atoms with van der Waals surface area (Å²) >= 11 is 12.0. The van der Waals surface area contributed by atoms with Crippen LogP contribution < -0.4 is 4.57 Å². The monoisotopic (exact) mass is 663 g/mol. The van der Waals surface area contributed by atoms with Crippen LogP contribution in [0.15, 0.2) is 115 Å². The van der Waals surface area contributed by atoms with Crippen LogP contribution in [-0.2, 0) is 17.2 Å². The van der Waals surface area contributed by atoms with Crippen molar-refractivity contribution in [1.29, 1.82) is 0 Å². The van der Waals surface area contributed by atoms with Gasteiger partial charge in [-0.3, -0.25) is 0 Å². The number of benzene rings is 4. The SMILES string of the molecule is C[n+]1c(C#Cc2ccc(-c3ccc(Cl)cc3)cc2)cccc1C#Cc1ccc(-c2ccc(Cl)cc2)cc1.O=S(=O)([O-])C(F)(F)F. The predicted molar refractivity (Wildman–Crippen MR) is 169 cm³/mol. The lowest BCUT2D eigenvalue weighted by Gasteiger charge is -2.08. The fourth-order valence-corrected chi connectivity index (χ4v) is 4.14. The maximum atomic E-state index is 10.7. The Morgan fingerprint density at radius 3 is 1.16 bits per heavy atom. The average Bonchev–Trinajstić information content (AvgIpc) is 3.01. The average molecular weight is 665 g/mol. The summed E-state index contributed by atoms with van der Waals surface area (Å²) in [5.74, 6) is 13.1. The third-order valence-corrected chi connectivity index (χ3v) is 7.38. The smallest absolute Gasteiger partial charge is 0.485 e. The highest BCUT2D eigenvalue weighted by molar-refractivity contribution is 7.86. The van der Waals surface area contributed by atoms with Crippen LogP contribution in [0.2, 0.25) is 10.0 Å². The van der Waals surface area contributed by atoms with Crippen molar-refractivity contribution in [3.63, 3.8) is 0 Å². The molecule has 0 atom stereocenters. The van der Waals surface area contributed by atoms with Crippen LogP contribution >= 0.6 is 23.2 Å². The first-order valence-corrected chi connectivity index (χ1v) is 15.2. The molecule has 0 spiro atoms. The van der Waals surface area contributed by atoms with Gasteiger partial charge in [0.25, 0.3) is 11.4 Å². The number of hydrogen-bond donors (Lipinski definition) is 0. The molecule has 4 aromatic carbocycles. The van der Waals surface area contributed by atoms with Gasteiger partial charge in [0.1, 0.15) is 7.05 Å². The molecule has 1 heterocycles. The minimum atomic E-state index is -6.09. The molecule has 0 aliphatic rings. The predicted octanol–water partition coefficient (Wildman–Crippen LogP) is 8.00. The summed E-state index contributed by atoms with van der Waals surface area (Å²) in [6, 6.07) is 38.1. The third kappa shape index (κ3) is 9.46. The molecule has 0 radical (unpaired) electrons. The van der Waals surface area contributed by atoms with E-state index in [1.165, 1.54) is 0 Å². The molecular formula is C35H22Cl2F3NO3S. The Morgan fingerprint density at radius 1 is 0.578 bits per heavy atom. The second-order valence-electron chi connectivity index (χ2n) is 9.42. The molecule has 0 N–H and O–H groups in total. The van der Waals surface area contributed by atoms with Crippen LogP contribution in [-0.4, -0.2) is 18.5 Å². The van der Waals surface area contributed by atoms with Crippen molar-refractivity contribution in [2.45, 2.75) is 5.51 Å². The number of halogens is 5. The first kappa shape index (κ1) is 33.3. The summed E-state index contributed by atoms with van der Waals surface area (Å²) in [7, 11) is -4.10. The van der Waals surface area contributed by atoms with Gasteiger partial charge in [0.05, 0.1) is 0 Å². The fourth-order valence-electron chi connectivity index (χ4n) is 3.88. The Balaban J connectivity index is 0.000000510. The second kappa shape index (κ2) is 14.5. The van der Waals surface area contributed by atoms with Crippen LogP contribution in [0.1, 0.15) is 22.5 Å². The standard InChI is InChI=1S/C34H22Cl2N.CHF3O3S/c1-37-33(23-9-25-5-11-27(12-6-25)29-15-19-31(35)20-16-29)3-2-4-34(37)24-10-26-7-13-28(14-8-26)30-17-21-32(36)22-18-30;2-1(3,4)8(5,6)7/h2-8,11-22H,1H3;(H,5,6,7)/q+1;/p-1. The normalized spacial score (nSPS) is 10.8. The number of aromatic nitrogens is 1. The molecule has 0 bridgehead atoms. The molecule has 0 saturated carbocycles. The van der Waals surface area contributed by atoms with E-state index < -0.39 is 15.6 Å². The van der Waals surface area contributed by atoms with E-state index in [-0.39, 0.29) is 0 Å². The van der Waals surface area contributed by atoms with Gasteiger partial charge in [-0.1, -0.05) is 83.6 Å². The molecule has 0 amide bonds. The lowest BCUT2D eigenvalue weighted by atomic mass is 10.0. The lowest BCUT2D eigenvalue weighted by Crippen LogP contribution is -2.36. The van der Waals surface area contributed by atoms with Gasteiger partial charge < -0.3 is 4.55 Å². The van der Waals surface area contributed by atoms with Crippen molar-refractivity contribution in [1.82, 2.24) is 0 Å². The Labute approximate surface area is 269 Å². The largest absolute Gasteiger partial charge is 0.741 e. The van der Waals surface area contributed by atoms with Crippen molar-refractivity contribution in [3.05, 3.63) is 148 Å². The molecule has 5 rings (SSSR count). The molecule has 0 aliphatic heterocycles. The maximum Gasteiger partial charge on any atom is 0.485 e. The Hall–Kier alpha value is -4.57. The zero-order valence-corrected chi connectivity index (χ0v) is 25.8. The molecule has 0 aliphatic carbocycles. The van der Waals surface area contributed by atoms with E-state index in [0.717, 1.165) is 54.8 Å². The maximum absolute atomic E-state index is 10.7. The van der Waals surface area contributed by atoms with Gasteiger partial charge in [0.2, 0.25) is 0 Å². The molecule has 10 heteroatoms. The van der Waals surface area contributed by atoms with Crippen LogP contribution in [0, 0.1) is 23.7 Å². The molecule has 226 valence electrons. The summed E-state index contributed by atoms with van der Waals surface area (Å²) in [5.41, 5.74) is 2.57. The molecule has 0 unspecified atom stereocenters. The highest BCUT2D eigenvalue weighted by Crippen LogP contribution is 2.23. The van der Waals surface area contributed by atoms with Crippen molar-refractivity contribution in [2.75, 3.05) is 0 Å². The highest BCUT2D eigenvalue weighted by atomic mass is 35.5. The van der Waals surface area contributed by atoms with Crippen molar-refractivity contribution >= 4 is 33.3 Å². The molecule has 4 nitrogen and oxygen atoms in total. The number of rotatable bonds is 2. The second-order valence-corrected chi connectivity index (χ2v) is 11.7. The number of alkyl halides is 3. The van der Waals surface area contributed by atoms with E-state index in [1.807, 2.05) is 103 Å². The van der Waals surface area contributed by atoms with Crippen molar-refractivity contribution < 1.29 is 30.7 Å². The summed E-state index contributed by atoms with van der Waals surface area (Å²) in [6.45, 7) is 0. The topological polar surface area (TPSA) is 61.1 Å². The van der Waals surface area contributed by atoms with E-state index in [1.54, 1.807) is 0 Å². The van der Waals surface area contributed by atoms with Gasteiger partial charge in [0, 0.05) is 45.1 Å². The number of hydrogen-bond acceptors (Lipinski definition) is 3. The third-order valence-electron chi connectivity index (χ3n) is 6.31. The number of nitrogens with zero attached hydrogens (tertiary/aromatic N) is 1. The zero-order chi connectivity index (χ0) is 32.6. The Kier molecular flexibility index (Phi) is 10.7. The summed E-state index contributed by atoms with van der Waals surface area (Å²) < 4.78 is 60.9. The molecule has 5 aromatic rings. The van der Waals surface area contributed by atoms with E-state index in [4.69, 9.17) is 36.2 Å². The lowest BCUT2D eigenvalue weighted by molar-refractivity contribution is -0.676. The summed E-state index contributed by atoms with van der Waals surface area (Å²) in [4.78, 5) is 0. The first-order valence-electron chi connectivity index (χ1n) is 13.1. The first-order chi connectivity index (χ1) is 21.3. The minimum absolute atomic E-state index is 0.734. The summed E-state index contributed by atoms with van der Waals surface area (Å²) in [6.07, 6.45) is 0. The minimum Gasteiger partial charge on any atom is -0.741 e. The molecule has 45 heavy (non-hydrogen) atoms. The summed E-state index contributed by atoms with van der Waals surface area (Å²) in [5, 5.41) is 1.47. The van der Waals surface area contributed by atoms with Gasteiger partial charge in [-0.15, -0.1) is 0 Å². The molecule has 0 saturated heterocycles. The van der Waals surface area contributed by atoms with Crippen molar-refractivity contribution in [2.24, 2.45) is 7.05 Å². The van der Waals surface area contributed by atoms with E-state index >= 15 is 0 Å². The van der Waals surface area contributed by atoms with Crippen LogP contribution in [0.4, 0.5) is 13.2 Å². The van der Waals surface area contributed by atoms with E-state index in [2.05, 4.69) is 47.9 Å². The van der Waals surface area contributed by atoms with Crippen LogP contribution in [0.3, 0.4) is 0 Å². The Morgan fingerprint density at radius 2 is 0.867 bits per heavy atom. The van der Waals surface area contributed by atoms with Gasteiger partial charge in [-0.2, -0.15) is 17.7 Å². The molecule has 0 fully saturated rings. The van der Waals surface area contributed by atoms with E-state index in [9.17, 15) is 13.2 Å².